The average Bonchev–Trinajstić information content (AvgIpc) is 3.21. The molecule has 3 rings (SSSR count). The molecule has 4 N–H and O–H groups in total. The van der Waals surface area contributed by atoms with E-state index in [0.29, 0.717) is 13.0 Å². The molecule has 1 aliphatic heterocycles. The second kappa shape index (κ2) is 11.2. The maximum atomic E-state index is 13.3. The highest BCUT2D eigenvalue weighted by molar-refractivity contribution is 5.83. The van der Waals surface area contributed by atoms with E-state index in [0.717, 1.165) is 16.7 Å². The van der Waals surface area contributed by atoms with Gasteiger partial charge in [0, 0.05) is 12.5 Å². The van der Waals surface area contributed by atoms with Crippen LogP contribution in [0.2, 0.25) is 0 Å². The molecule has 0 bridgehead atoms. The Balaban J connectivity index is 0.000000479. The van der Waals surface area contributed by atoms with E-state index in [4.69, 9.17) is 15.6 Å². The van der Waals surface area contributed by atoms with Crippen LogP contribution in [0.1, 0.15) is 17.9 Å². The van der Waals surface area contributed by atoms with Crippen LogP contribution < -0.4 is 5.73 Å². The van der Waals surface area contributed by atoms with Crippen LogP contribution in [0.3, 0.4) is 0 Å². The Kier molecular flexibility index (Phi) is 8.89. The number of halogens is 5. The summed E-state index contributed by atoms with van der Waals surface area (Å²) in [5.41, 5.74) is 8.57. The zero-order valence-electron chi connectivity index (χ0n) is 17.3. The molecule has 0 aromatic heterocycles. The van der Waals surface area contributed by atoms with Crippen LogP contribution in [0.25, 0.3) is 11.1 Å². The van der Waals surface area contributed by atoms with Crippen LogP contribution >= 0.6 is 0 Å². The molecule has 2 aromatic carbocycles. The monoisotopic (exact) mass is 474 g/mol. The topological polar surface area (TPSA) is 104 Å². The lowest BCUT2D eigenvalue weighted by atomic mass is 9.90. The number of carbonyl (C=O) groups excluding carboxylic acids is 1. The molecular weight excluding hydrogens is 451 g/mol. The van der Waals surface area contributed by atoms with Crippen molar-refractivity contribution in [1.29, 1.82) is 0 Å². The van der Waals surface area contributed by atoms with Gasteiger partial charge >= 0.3 is 12.1 Å². The average molecular weight is 474 g/mol. The summed E-state index contributed by atoms with van der Waals surface area (Å²) < 4.78 is 58.1. The number of rotatable bonds is 5. The third kappa shape index (κ3) is 7.22. The number of aliphatic carboxylic acids is 1. The van der Waals surface area contributed by atoms with Gasteiger partial charge in [0.25, 0.3) is 0 Å². The van der Waals surface area contributed by atoms with Gasteiger partial charge in [0.2, 0.25) is 5.91 Å². The van der Waals surface area contributed by atoms with Crippen LogP contribution in [0, 0.1) is 5.82 Å². The van der Waals surface area contributed by atoms with Gasteiger partial charge in [-0.2, -0.15) is 13.2 Å². The zero-order chi connectivity index (χ0) is 24.8. The highest BCUT2D eigenvalue weighted by atomic mass is 19.4. The smallest absolute Gasteiger partial charge is 0.475 e. The molecule has 11 heteroatoms. The molecule has 2 aromatic rings. The normalized spacial score (nSPS) is 17.7. The van der Waals surface area contributed by atoms with E-state index in [9.17, 15) is 31.9 Å². The van der Waals surface area contributed by atoms with Crippen molar-refractivity contribution in [1.82, 2.24) is 4.90 Å². The number of aliphatic hydroxyl groups excluding tert-OH is 1. The molecule has 1 aliphatic rings. The molecule has 33 heavy (non-hydrogen) atoms. The number of nitrogens with zero attached hydrogens (tertiary/aromatic N) is 1. The largest absolute Gasteiger partial charge is 0.490 e. The Labute approximate surface area is 186 Å². The van der Waals surface area contributed by atoms with Crippen molar-refractivity contribution < 1.29 is 41.8 Å². The van der Waals surface area contributed by atoms with Crippen LogP contribution in [0.5, 0.6) is 0 Å². The van der Waals surface area contributed by atoms with E-state index in [1.807, 2.05) is 12.1 Å². The molecule has 0 spiro atoms. The lowest BCUT2D eigenvalue weighted by molar-refractivity contribution is -0.192. The van der Waals surface area contributed by atoms with Gasteiger partial charge in [-0.3, -0.25) is 4.79 Å². The SMILES string of the molecule is N[C@H](C(=O)N1CC[C@H](F)C1)[C@@H](CO)c1ccc(-c2ccc(F)cc2)cc1.O=C(O)C(F)(F)F. The van der Waals surface area contributed by atoms with Gasteiger partial charge in [-0.15, -0.1) is 0 Å². The third-order valence-electron chi connectivity index (χ3n) is 5.12. The number of hydrogen-bond donors (Lipinski definition) is 3. The van der Waals surface area contributed by atoms with Crippen molar-refractivity contribution in [3.8, 4) is 11.1 Å². The maximum absolute atomic E-state index is 13.3. The summed E-state index contributed by atoms with van der Waals surface area (Å²) in [5.74, 6) is -3.96. The fourth-order valence-corrected chi connectivity index (χ4v) is 3.29. The molecule has 1 amide bonds. The highest BCUT2D eigenvalue weighted by Crippen LogP contribution is 2.26. The summed E-state index contributed by atoms with van der Waals surface area (Å²) in [4.78, 5) is 22.8. The van der Waals surface area contributed by atoms with Crippen LogP contribution in [-0.4, -0.2) is 65.1 Å². The first-order chi connectivity index (χ1) is 15.4. The standard InChI is InChI=1S/C20H22F2N2O2.C2HF3O2/c21-16-7-5-14(6-8-16)13-1-3-15(4-2-13)18(12-25)19(23)20(26)24-10-9-17(22)11-24;3-2(4,5)1(6)7/h1-8,17-19,25H,9-12,23H2;(H,6,7)/t17-,18-,19-;/m0./s1. The minimum absolute atomic E-state index is 0.0637. The fourth-order valence-electron chi connectivity index (χ4n) is 3.29. The van der Waals surface area contributed by atoms with Crippen LogP contribution in [0.15, 0.2) is 48.5 Å². The Morgan fingerprint density at radius 3 is 1.94 bits per heavy atom. The number of amides is 1. The van der Waals surface area contributed by atoms with Crippen LogP contribution in [-0.2, 0) is 9.59 Å². The van der Waals surface area contributed by atoms with Crippen molar-refractivity contribution in [2.24, 2.45) is 5.73 Å². The van der Waals surface area contributed by atoms with Crippen molar-refractivity contribution in [2.75, 3.05) is 19.7 Å². The fraction of sp³-hybridized carbons (Fsp3) is 0.364. The summed E-state index contributed by atoms with van der Waals surface area (Å²) >= 11 is 0. The number of likely N-dealkylation sites (tertiary alicyclic amines) is 1. The van der Waals surface area contributed by atoms with Gasteiger partial charge in [-0.05, 0) is 35.2 Å². The highest BCUT2D eigenvalue weighted by Gasteiger charge is 2.38. The van der Waals surface area contributed by atoms with Gasteiger partial charge in [-0.1, -0.05) is 36.4 Å². The van der Waals surface area contributed by atoms with Crippen molar-refractivity contribution >= 4 is 11.9 Å². The molecule has 1 saturated heterocycles. The number of alkyl halides is 4. The number of carboxylic acids is 1. The van der Waals surface area contributed by atoms with Crippen molar-refractivity contribution in [2.45, 2.75) is 30.7 Å². The summed E-state index contributed by atoms with van der Waals surface area (Å²) in [7, 11) is 0. The molecule has 1 fully saturated rings. The lowest BCUT2D eigenvalue weighted by Crippen LogP contribution is -2.47. The molecule has 0 unspecified atom stereocenters. The number of nitrogens with two attached hydrogens (primary N) is 1. The van der Waals surface area contributed by atoms with Gasteiger partial charge in [0.15, 0.2) is 0 Å². The van der Waals surface area contributed by atoms with E-state index >= 15 is 0 Å². The van der Waals surface area contributed by atoms with E-state index in [2.05, 4.69) is 0 Å². The second-order valence-corrected chi connectivity index (χ2v) is 7.42. The van der Waals surface area contributed by atoms with Gasteiger partial charge < -0.3 is 20.8 Å². The number of benzene rings is 2. The summed E-state index contributed by atoms with van der Waals surface area (Å²) in [6, 6.07) is 12.5. The minimum Gasteiger partial charge on any atom is -0.475 e. The van der Waals surface area contributed by atoms with E-state index in [1.165, 1.54) is 17.0 Å². The second-order valence-electron chi connectivity index (χ2n) is 7.42. The van der Waals surface area contributed by atoms with Crippen molar-refractivity contribution in [3.63, 3.8) is 0 Å². The molecular formula is C22H23F5N2O4. The first kappa shape index (κ1) is 26.2. The van der Waals surface area contributed by atoms with E-state index in [1.54, 1.807) is 24.3 Å². The number of carboxylic acid groups (broad SMARTS) is 1. The predicted octanol–water partition coefficient (Wildman–Crippen LogP) is 3.10. The van der Waals surface area contributed by atoms with Crippen LogP contribution in [0.4, 0.5) is 22.0 Å². The quantitative estimate of drug-likeness (QED) is 0.578. The van der Waals surface area contributed by atoms with Crippen molar-refractivity contribution in [3.05, 3.63) is 59.9 Å². The first-order valence-electron chi connectivity index (χ1n) is 9.89. The molecule has 0 radical (unpaired) electrons. The minimum atomic E-state index is -5.08. The number of carbonyl (C=O) groups is 2. The molecule has 6 nitrogen and oxygen atoms in total. The summed E-state index contributed by atoms with van der Waals surface area (Å²) in [6.07, 6.45) is -5.76. The van der Waals surface area contributed by atoms with E-state index in [-0.39, 0.29) is 24.9 Å². The maximum Gasteiger partial charge on any atom is 0.490 e. The molecule has 3 atom stereocenters. The molecule has 1 heterocycles. The summed E-state index contributed by atoms with van der Waals surface area (Å²) in [6.45, 7) is 0.138. The Morgan fingerprint density at radius 2 is 1.55 bits per heavy atom. The number of aliphatic hydroxyl groups is 1. The lowest BCUT2D eigenvalue weighted by Gasteiger charge is -2.26. The summed E-state index contributed by atoms with van der Waals surface area (Å²) in [5, 5.41) is 16.9. The predicted molar refractivity (Wildman–Crippen MR) is 109 cm³/mol. The van der Waals surface area contributed by atoms with Gasteiger partial charge in [0.05, 0.1) is 19.2 Å². The Bertz CT molecular complexity index is 935. The Hall–Kier alpha value is -3.05. The van der Waals surface area contributed by atoms with Gasteiger partial charge in [0.1, 0.15) is 12.0 Å². The molecule has 0 saturated carbocycles. The van der Waals surface area contributed by atoms with Gasteiger partial charge in [-0.25, -0.2) is 13.6 Å². The third-order valence-corrected chi connectivity index (χ3v) is 5.12. The Morgan fingerprint density at radius 1 is 1.06 bits per heavy atom. The molecule has 180 valence electrons. The number of hydrogen-bond acceptors (Lipinski definition) is 4. The van der Waals surface area contributed by atoms with E-state index < -0.39 is 30.3 Å². The molecule has 0 aliphatic carbocycles. The zero-order valence-corrected chi connectivity index (χ0v) is 17.3. The first-order valence-corrected chi connectivity index (χ1v) is 9.89.